The topological polar surface area (TPSA) is 27.3 Å². The highest BCUT2D eigenvalue weighted by Gasteiger charge is 2.13. The number of nitrogens with one attached hydrogen (secondary N) is 2. The molecule has 2 N–H and O–H groups in total. The molecule has 0 aromatic carbocycles. The lowest BCUT2D eigenvalue weighted by molar-refractivity contribution is 0.233. The molecule has 1 aromatic heterocycles. The lowest BCUT2D eigenvalue weighted by Crippen LogP contribution is -2.43. The van der Waals surface area contributed by atoms with Crippen LogP contribution in [0.15, 0.2) is 15.9 Å². The maximum Gasteiger partial charge on any atom is 0.0413 e. The molecule has 1 aliphatic rings. The summed E-state index contributed by atoms with van der Waals surface area (Å²) in [5.41, 5.74) is 0. The average molecular weight is 332 g/mol. The predicted octanol–water partition coefficient (Wildman–Crippen LogP) is 2.46. The first-order valence-corrected chi connectivity index (χ1v) is 8.31. The molecule has 1 aromatic rings. The Labute approximate surface area is 122 Å². The van der Waals surface area contributed by atoms with Crippen LogP contribution in [0.2, 0.25) is 0 Å². The molecule has 0 amide bonds. The van der Waals surface area contributed by atoms with Crippen LogP contribution in [0.25, 0.3) is 0 Å². The van der Waals surface area contributed by atoms with Crippen LogP contribution in [0, 0.1) is 0 Å². The standard InChI is InChI=1S/C13H22BrN3S/c1-15-12(13-9-11(14)10-18-13)3-2-6-17-7-4-16-5-8-17/h9-10,12,15-16H,2-8H2,1H3. The molecule has 2 heterocycles. The van der Waals surface area contributed by atoms with Gasteiger partial charge in [0.2, 0.25) is 0 Å². The zero-order chi connectivity index (χ0) is 12.8. The Morgan fingerprint density at radius 2 is 2.28 bits per heavy atom. The van der Waals surface area contributed by atoms with Gasteiger partial charge in [-0.25, -0.2) is 0 Å². The van der Waals surface area contributed by atoms with Crippen molar-refractivity contribution in [3.63, 3.8) is 0 Å². The highest BCUT2D eigenvalue weighted by molar-refractivity contribution is 9.10. The number of piperazine rings is 1. The molecular formula is C13H22BrN3S. The predicted molar refractivity (Wildman–Crippen MR) is 82.4 cm³/mol. The fourth-order valence-corrected chi connectivity index (χ4v) is 3.98. The van der Waals surface area contributed by atoms with E-state index in [4.69, 9.17) is 0 Å². The first-order valence-electron chi connectivity index (χ1n) is 6.64. The minimum atomic E-state index is 0.504. The van der Waals surface area contributed by atoms with Gasteiger partial charge in [-0.15, -0.1) is 11.3 Å². The third kappa shape index (κ3) is 4.31. The van der Waals surface area contributed by atoms with Crippen molar-refractivity contribution in [3.8, 4) is 0 Å². The molecule has 0 spiro atoms. The molecular weight excluding hydrogens is 310 g/mol. The quantitative estimate of drug-likeness (QED) is 0.838. The summed E-state index contributed by atoms with van der Waals surface area (Å²) in [6.45, 7) is 5.93. The van der Waals surface area contributed by atoms with Crippen LogP contribution in [-0.4, -0.2) is 44.7 Å². The molecule has 18 heavy (non-hydrogen) atoms. The van der Waals surface area contributed by atoms with Crippen LogP contribution < -0.4 is 10.6 Å². The van der Waals surface area contributed by atoms with Crippen LogP contribution in [0.4, 0.5) is 0 Å². The summed E-state index contributed by atoms with van der Waals surface area (Å²) in [6, 6.07) is 2.74. The van der Waals surface area contributed by atoms with Gasteiger partial charge < -0.3 is 15.5 Å². The van der Waals surface area contributed by atoms with E-state index in [0.717, 1.165) is 13.1 Å². The maximum absolute atomic E-state index is 3.53. The monoisotopic (exact) mass is 331 g/mol. The summed E-state index contributed by atoms with van der Waals surface area (Å²) in [7, 11) is 2.06. The van der Waals surface area contributed by atoms with E-state index in [-0.39, 0.29) is 0 Å². The highest BCUT2D eigenvalue weighted by Crippen LogP contribution is 2.28. The average Bonchev–Trinajstić information content (AvgIpc) is 2.82. The van der Waals surface area contributed by atoms with E-state index in [2.05, 4.69) is 50.0 Å². The van der Waals surface area contributed by atoms with E-state index in [1.54, 1.807) is 0 Å². The van der Waals surface area contributed by atoms with Gasteiger partial charge in [-0.2, -0.15) is 0 Å². The third-order valence-corrected chi connectivity index (χ3v) is 5.26. The van der Waals surface area contributed by atoms with Gasteiger partial charge in [-0.05, 0) is 48.4 Å². The fraction of sp³-hybridized carbons (Fsp3) is 0.692. The van der Waals surface area contributed by atoms with Gasteiger partial charge in [-0.1, -0.05) is 0 Å². The van der Waals surface area contributed by atoms with Crippen molar-refractivity contribution in [1.82, 2.24) is 15.5 Å². The Morgan fingerprint density at radius 1 is 1.50 bits per heavy atom. The van der Waals surface area contributed by atoms with Gasteiger partial charge in [0.25, 0.3) is 0 Å². The summed E-state index contributed by atoms with van der Waals surface area (Å²) in [4.78, 5) is 4.00. The van der Waals surface area contributed by atoms with Crippen molar-refractivity contribution in [3.05, 3.63) is 20.8 Å². The Hall–Kier alpha value is 0.0600. The molecule has 5 heteroatoms. The SMILES string of the molecule is CNC(CCCN1CCNCC1)c1cc(Br)cs1. The number of hydrogen-bond acceptors (Lipinski definition) is 4. The summed E-state index contributed by atoms with van der Waals surface area (Å²) < 4.78 is 1.20. The van der Waals surface area contributed by atoms with Crippen LogP contribution >= 0.6 is 27.3 Å². The van der Waals surface area contributed by atoms with Crippen LogP contribution in [0.5, 0.6) is 0 Å². The van der Waals surface area contributed by atoms with Crippen LogP contribution in [0.3, 0.4) is 0 Å². The lowest BCUT2D eigenvalue weighted by atomic mass is 10.1. The zero-order valence-electron chi connectivity index (χ0n) is 10.9. The van der Waals surface area contributed by atoms with E-state index in [0.29, 0.717) is 6.04 Å². The number of rotatable bonds is 6. The van der Waals surface area contributed by atoms with Gasteiger partial charge in [-0.3, -0.25) is 0 Å². The normalized spacial score (nSPS) is 19.0. The van der Waals surface area contributed by atoms with Crippen LogP contribution in [-0.2, 0) is 0 Å². The molecule has 2 rings (SSSR count). The van der Waals surface area contributed by atoms with Crippen molar-refractivity contribution in [2.24, 2.45) is 0 Å². The van der Waals surface area contributed by atoms with Gasteiger partial charge in [0, 0.05) is 47.0 Å². The van der Waals surface area contributed by atoms with Gasteiger partial charge in [0.05, 0.1) is 0 Å². The number of thiophene rings is 1. The second-order valence-electron chi connectivity index (χ2n) is 4.74. The lowest BCUT2D eigenvalue weighted by Gasteiger charge is -2.27. The van der Waals surface area contributed by atoms with E-state index < -0.39 is 0 Å². The van der Waals surface area contributed by atoms with E-state index >= 15 is 0 Å². The summed E-state index contributed by atoms with van der Waals surface area (Å²) in [5.74, 6) is 0. The Bertz CT molecular complexity index is 350. The second kappa shape index (κ2) is 7.60. The highest BCUT2D eigenvalue weighted by atomic mass is 79.9. The minimum Gasteiger partial charge on any atom is -0.314 e. The molecule has 0 bridgehead atoms. The largest absolute Gasteiger partial charge is 0.314 e. The number of halogens is 1. The molecule has 1 aliphatic heterocycles. The Balaban J connectivity index is 1.73. The third-order valence-electron chi connectivity index (χ3n) is 3.46. The Kier molecular flexibility index (Phi) is 6.11. The van der Waals surface area contributed by atoms with E-state index in [1.165, 1.54) is 41.8 Å². The fourth-order valence-electron chi connectivity index (χ4n) is 2.39. The minimum absolute atomic E-state index is 0.504. The summed E-state index contributed by atoms with van der Waals surface area (Å²) >= 11 is 5.36. The van der Waals surface area contributed by atoms with Crippen molar-refractivity contribution in [1.29, 1.82) is 0 Å². The van der Waals surface area contributed by atoms with Crippen LogP contribution in [0.1, 0.15) is 23.8 Å². The van der Waals surface area contributed by atoms with E-state index in [1.807, 2.05) is 11.3 Å². The number of nitrogens with zero attached hydrogens (tertiary/aromatic N) is 1. The summed E-state index contributed by atoms with van der Waals surface area (Å²) in [6.07, 6.45) is 2.48. The first-order chi connectivity index (χ1) is 8.79. The molecule has 1 unspecified atom stereocenters. The molecule has 102 valence electrons. The van der Waals surface area contributed by atoms with Gasteiger partial charge >= 0.3 is 0 Å². The van der Waals surface area contributed by atoms with E-state index in [9.17, 15) is 0 Å². The van der Waals surface area contributed by atoms with Crippen molar-refractivity contribution < 1.29 is 0 Å². The zero-order valence-corrected chi connectivity index (χ0v) is 13.3. The molecule has 1 atom stereocenters. The molecule has 0 radical (unpaired) electrons. The second-order valence-corrected chi connectivity index (χ2v) is 6.60. The molecule has 0 saturated carbocycles. The maximum atomic E-state index is 3.53. The van der Waals surface area contributed by atoms with Crippen molar-refractivity contribution in [2.45, 2.75) is 18.9 Å². The van der Waals surface area contributed by atoms with Crippen molar-refractivity contribution in [2.75, 3.05) is 39.8 Å². The molecule has 1 saturated heterocycles. The first kappa shape index (κ1) is 14.5. The van der Waals surface area contributed by atoms with Crippen molar-refractivity contribution >= 4 is 27.3 Å². The number of hydrogen-bond donors (Lipinski definition) is 2. The van der Waals surface area contributed by atoms with Gasteiger partial charge in [0.15, 0.2) is 0 Å². The molecule has 0 aliphatic carbocycles. The Morgan fingerprint density at radius 3 is 2.89 bits per heavy atom. The smallest absolute Gasteiger partial charge is 0.0413 e. The molecule has 1 fully saturated rings. The molecule has 3 nitrogen and oxygen atoms in total. The summed E-state index contributed by atoms with van der Waals surface area (Å²) in [5, 5.41) is 8.99. The van der Waals surface area contributed by atoms with Gasteiger partial charge in [0.1, 0.15) is 0 Å².